The van der Waals surface area contributed by atoms with Gasteiger partial charge in [-0.15, -0.1) is 0 Å². The lowest BCUT2D eigenvalue weighted by Gasteiger charge is -2.42. The zero-order valence-electron chi connectivity index (χ0n) is 11.8. The molecule has 1 aliphatic heterocycles. The molecule has 2 unspecified atom stereocenters. The quantitative estimate of drug-likeness (QED) is 0.416. The lowest BCUT2D eigenvalue weighted by atomic mass is 9.99. The monoisotopic (exact) mass is 368 g/mol. The van der Waals surface area contributed by atoms with Crippen LogP contribution in [0.5, 0.6) is 0 Å². The Bertz CT molecular complexity index is 412. The number of hydrogen-bond acceptors (Lipinski definition) is 8. The van der Waals surface area contributed by atoms with Gasteiger partial charge in [-0.25, -0.2) is 0 Å². The maximum absolute atomic E-state index is 11.2. The first-order chi connectivity index (χ1) is 9.76. The number of aliphatic hydroxyl groups is 1. The third-order valence-corrected chi connectivity index (χ3v) is 3.31. The molecule has 8 nitrogen and oxygen atoms in total. The number of hydrogen-bond donors (Lipinski definition) is 1. The van der Waals surface area contributed by atoms with E-state index in [9.17, 15) is 19.5 Å². The van der Waals surface area contributed by atoms with Crippen LogP contribution in [0.4, 0.5) is 0 Å². The van der Waals surface area contributed by atoms with E-state index in [0.29, 0.717) is 0 Å². The van der Waals surface area contributed by atoms with Gasteiger partial charge in [0.05, 0.1) is 0 Å². The van der Waals surface area contributed by atoms with Crippen molar-refractivity contribution in [1.29, 1.82) is 0 Å². The molecule has 120 valence electrons. The molecule has 1 N–H and O–H groups in total. The summed E-state index contributed by atoms with van der Waals surface area (Å²) in [5.41, 5.74) is 0. The third-order valence-electron chi connectivity index (χ3n) is 2.67. The van der Waals surface area contributed by atoms with Crippen molar-refractivity contribution >= 4 is 33.8 Å². The maximum atomic E-state index is 11.2. The maximum Gasteiger partial charge on any atom is 0.303 e. The third kappa shape index (κ3) is 4.94. The zero-order valence-corrected chi connectivity index (χ0v) is 13.4. The van der Waals surface area contributed by atoms with E-state index < -0.39 is 48.6 Å². The molecule has 1 rings (SSSR count). The fourth-order valence-corrected chi connectivity index (χ4v) is 2.52. The van der Waals surface area contributed by atoms with Crippen molar-refractivity contribution < 1.29 is 38.4 Å². The molecule has 9 heteroatoms. The number of carbonyl (C=O) groups excluding carboxylic acids is 3. The Morgan fingerprint density at radius 3 is 1.81 bits per heavy atom. The first kappa shape index (κ1) is 17.9. The highest BCUT2D eigenvalue weighted by Crippen LogP contribution is 2.28. The average Bonchev–Trinajstić information content (AvgIpc) is 2.35. The van der Waals surface area contributed by atoms with E-state index in [-0.39, 0.29) is 5.33 Å². The highest BCUT2D eigenvalue weighted by atomic mass is 79.9. The topological polar surface area (TPSA) is 108 Å². The largest absolute Gasteiger partial charge is 0.456 e. The number of alkyl halides is 1. The van der Waals surface area contributed by atoms with E-state index in [1.54, 1.807) is 0 Å². The Labute approximate surface area is 129 Å². The van der Waals surface area contributed by atoms with E-state index >= 15 is 0 Å². The number of aliphatic hydroxyl groups excluding tert-OH is 1. The summed E-state index contributed by atoms with van der Waals surface area (Å²) in [4.78, 5) is 33.6. The smallest absolute Gasteiger partial charge is 0.303 e. The average molecular weight is 369 g/mol. The van der Waals surface area contributed by atoms with Gasteiger partial charge in [-0.1, -0.05) is 15.9 Å². The van der Waals surface area contributed by atoms with Crippen molar-refractivity contribution in [2.75, 3.05) is 5.33 Å². The molecule has 21 heavy (non-hydrogen) atoms. The predicted molar refractivity (Wildman–Crippen MR) is 71.3 cm³/mol. The second-order valence-corrected chi connectivity index (χ2v) is 5.09. The van der Waals surface area contributed by atoms with Crippen LogP contribution in [0, 0.1) is 0 Å². The molecule has 0 aromatic rings. The van der Waals surface area contributed by atoms with Crippen LogP contribution in [-0.4, -0.2) is 59.1 Å². The molecule has 1 heterocycles. The molecule has 0 amide bonds. The fourth-order valence-electron chi connectivity index (χ4n) is 2.00. The van der Waals surface area contributed by atoms with Gasteiger partial charge in [0.2, 0.25) is 0 Å². The molecule has 1 fully saturated rings. The van der Waals surface area contributed by atoms with E-state index in [0.717, 1.165) is 13.8 Å². The van der Waals surface area contributed by atoms with Crippen molar-refractivity contribution in [3.8, 4) is 0 Å². The van der Waals surface area contributed by atoms with Crippen molar-refractivity contribution in [1.82, 2.24) is 0 Å². The van der Waals surface area contributed by atoms with Gasteiger partial charge in [0.15, 0.2) is 24.6 Å². The van der Waals surface area contributed by atoms with E-state index in [2.05, 4.69) is 15.9 Å². The summed E-state index contributed by atoms with van der Waals surface area (Å²) in [6.07, 6.45) is -5.74. The number of carbonyl (C=O) groups is 3. The van der Waals surface area contributed by atoms with Crippen LogP contribution < -0.4 is 0 Å². The van der Waals surface area contributed by atoms with Gasteiger partial charge >= 0.3 is 17.9 Å². The minimum Gasteiger partial charge on any atom is -0.456 e. The molecular weight excluding hydrogens is 352 g/mol. The molecule has 1 aliphatic rings. The van der Waals surface area contributed by atoms with Crippen LogP contribution in [-0.2, 0) is 33.3 Å². The molecule has 0 aliphatic carbocycles. The Kier molecular flexibility index (Phi) is 6.56. The summed E-state index contributed by atoms with van der Waals surface area (Å²) in [6.45, 7) is 3.47. The van der Waals surface area contributed by atoms with Gasteiger partial charge in [0, 0.05) is 26.1 Å². The molecule has 0 radical (unpaired) electrons. The zero-order chi connectivity index (χ0) is 16.2. The second kappa shape index (κ2) is 7.71. The Morgan fingerprint density at radius 2 is 1.38 bits per heavy atom. The van der Waals surface area contributed by atoms with Gasteiger partial charge in [0.1, 0.15) is 6.10 Å². The number of esters is 3. The SMILES string of the molecule is CC(=O)OC1[C@H](O)OC(CBr)[C@H](OC(C)=O)[C@@H]1OC(C)=O. The summed E-state index contributed by atoms with van der Waals surface area (Å²) in [6, 6.07) is 0. The van der Waals surface area contributed by atoms with E-state index in [4.69, 9.17) is 18.9 Å². The highest BCUT2D eigenvalue weighted by Gasteiger charge is 2.50. The standard InChI is InChI=1S/C12H17BrO8/c1-5(14)18-9-8(4-13)21-12(17)11(20-7(3)16)10(9)19-6(2)15/h8-12,17H,4H2,1-3H3/t8?,9-,10-,11?,12+/m0/s1. The first-order valence-electron chi connectivity index (χ1n) is 6.17. The number of ether oxygens (including phenoxy) is 4. The molecule has 0 aromatic carbocycles. The highest BCUT2D eigenvalue weighted by molar-refractivity contribution is 9.09. The van der Waals surface area contributed by atoms with E-state index in [1.165, 1.54) is 6.92 Å². The normalized spacial score (nSPS) is 32.1. The van der Waals surface area contributed by atoms with Crippen molar-refractivity contribution in [3.63, 3.8) is 0 Å². The van der Waals surface area contributed by atoms with Gasteiger partial charge in [-0.2, -0.15) is 0 Å². The predicted octanol–water partition coefficient (Wildman–Crippen LogP) is -0.106. The van der Waals surface area contributed by atoms with Crippen molar-refractivity contribution in [2.24, 2.45) is 0 Å². The second-order valence-electron chi connectivity index (χ2n) is 4.44. The Balaban J connectivity index is 3.08. The van der Waals surface area contributed by atoms with Gasteiger partial charge in [-0.05, 0) is 0 Å². The number of halogens is 1. The molecule has 0 saturated carbocycles. The molecule has 0 bridgehead atoms. The number of rotatable bonds is 4. The Hall–Kier alpha value is -1.19. The Morgan fingerprint density at radius 1 is 0.952 bits per heavy atom. The molecular formula is C12H17BrO8. The molecule has 5 atom stereocenters. The van der Waals surface area contributed by atoms with Gasteiger partial charge < -0.3 is 24.1 Å². The summed E-state index contributed by atoms with van der Waals surface area (Å²) in [7, 11) is 0. The van der Waals surface area contributed by atoms with Gasteiger partial charge in [-0.3, -0.25) is 14.4 Å². The van der Waals surface area contributed by atoms with Crippen LogP contribution in [0.3, 0.4) is 0 Å². The van der Waals surface area contributed by atoms with Gasteiger partial charge in [0.25, 0.3) is 0 Å². The van der Waals surface area contributed by atoms with Crippen molar-refractivity contribution in [2.45, 2.75) is 51.5 Å². The fraction of sp³-hybridized carbons (Fsp3) is 0.750. The first-order valence-corrected chi connectivity index (χ1v) is 7.29. The molecule has 1 saturated heterocycles. The summed E-state index contributed by atoms with van der Waals surface area (Å²) in [5.74, 6) is -1.99. The summed E-state index contributed by atoms with van der Waals surface area (Å²) in [5, 5.41) is 10.1. The van der Waals surface area contributed by atoms with Crippen LogP contribution in [0.15, 0.2) is 0 Å². The van der Waals surface area contributed by atoms with Crippen LogP contribution in [0.2, 0.25) is 0 Å². The summed E-state index contributed by atoms with van der Waals surface area (Å²) < 4.78 is 20.3. The molecule has 0 aromatic heterocycles. The summed E-state index contributed by atoms with van der Waals surface area (Å²) >= 11 is 3.16. The lowest BCUT2D eigenvalue weighted by Crippen LogP contribution is -2.61. The van der Waals surface area contributed by atoms with Crippen molar-refractivity contribution in [3.05, 3.63) is 0 Å². The minimum atomic E-state index is -1.51. The molecule has 0 spiro atoms. The van der Waals surface area contributed by atoms with Crippen LogP contribution in [0.1, 0.15) is 20.8 Å². The lowest BCUT2D eigenvalue weighted by molar-refractivity contribution is -0.287. The van der Waals surface area contributed by atoms with Crippen LogP contribution in [0.25, 0.3) is 0 Å². The van der Waals surface area contributed by atoms with Crippen LogP contribution >= 0.6 is 15.9 Å². The van der Waals surface area contributed by atoms with E-state index in [1.807, 2.05) is 0 Å². The minimum absolute atomic E-state index is 0.215.